The number of halogens is 1. The summed E-state index contributed by atoms with van der Waals surface area (Å²) in [6.07, 6.45) is 0. The van der Waals surface area contributed by atoms with Gasteiger partial charge in [-0.2, -0.15) is 0 Å². The van der Waals surface area contributed by atoms with Gasteiger partial charge in [0.2, 0.25) is 5.91 Å². The third kappa shape index (κ3) is 2.70. The lowest BCUT2D eigenvalue weighted by Gasteiger charge is -2.33. The molecule has 0 fully saturated rings. The van der Waals surface area contributed by atoms with E-state index in [0.29, 0.717) is 5.02 Å². The zero-order valence-electron chi connectivity index (χ0n) is 11.6. The Morgan fingerprint density at radius 2 is 1.60 bits per heavy atom. The maximum atomic E-state index is 12.0. The highest BCUT2D eigenvalue weighted by atomic mass is 35.5. The van der Waals surface area contributed by atoms with Gasteiger partial charge in [-0.3, -0.25) is 4.79 Å². The Bertz CT molecular complexity index is 607. The molecule has 2 aromatic carbocycles. The Labute approximate surface area is 124 Å². The van der Waals surface area contributed by atoms with Gasteiger partial charge in [0, 0.05) is 10.4 Å². The number of hydrogen-bond donors (Lipinski definition) is 1. The van der Waals surface area contributed by atoms with Gasteiger partial charge in [0.25, 0.3) is 0 Å². The summed E-state index contributed by atoms with van der Waals surface area (Å²) in [5, 5.41) is 0.570. The van der Waals surface area contributed by atoms with Crippen LogP contribution >= 0.6 is 11.6 Å². The average Bonchev–Trinajstić information content (AvgIpc) is 2.42. The number of carbonyl (C=O) groups is 1. The summed E-state index contributed by atoms with van der Waals surface area (Å²) in [5.74, 6) is -0.842. The van der Waals surface area contributed by atoms with E-state index >= 15 is 0 Å². The van der Waals surface area contributed by atoms with Crippen molar-refractivity contribution in [2.75, 3.05) is 0 Å². The summed E-state index contributed by atoms with van der Waals surface area (Å²) in [6, 6.07) is 17.3. The Morgan fingerprint density at radius 1 is 1.05 bits per heavy atom. The van der Waals surface area contributed by atoms with Gasteiger partial charge < -0.3 is 5.73 Å². The minimum absolute atomic E-state index is 0.369. The predicted molar refractivity (Wildman–Crippen MR) is 82.9 cm³/mol. The minimum atomic E-state index is -0.474. The van der Waals surface area contributed by atoms with Gasteiger partial charge in [-0.15, -0.1) is 0 Å². The molecule has 0 saturated carbocycles. The Hall–Kier alpha value is -1.80. The Kier molecular flexibility index (Phi) is 4.15. The molecule has 0 aliphatic rings. The molecule has 2 aromatic rings. The van der Waals surface area contributed by atoms with Crippen LogP contribution in [-0.2, 0) is 10.2 Å². The van der Waals surface area contributed by atoms with E-state index in [9.17, 15) is 4.79 Å². The van der Waals surface area contributed by atoms with E-state index in [0.717, 1.165) is 11.1 Å². The number of nitrogens with two attached hydrogens (primary N) is 1. The largest absolute Gasteiger partial charge is 0.369 e. The normalized spacial score (nSPS) is 12.9. The topological polar surface area (TPSA) is 43.1 Å². The van der Waals surface area contributed by atoms with E-state index in [1.807, 2.05) is 62.4 Å². The molecule has 0 bridgehead atoms. The summed E-state index contributed by atoms with van der Waals surface area (Å²) < 4.78 is 0. The second-order valence-corrected chi connectivity index (χ2v) is 5.85. The molecule has 2 nitrogen and oxygen atoms in total. The summed E-state index contributed by atoms with van der Waals surface area (Å²) in [5.41, 5.74) is 7.06. The molecule has 104 valence electrons. The maximum absolute atomic E-state index is 12.0. The summed E-state index contributed by atoms with van der Waals surface area (Å²) in [7, 11) is 0. The van der Waals surface area contributed by atoms with Gasteiger partial charge in [-0.25, -0.2) is 0 Å². The van der Waals surface area contributed by atoms with Gasteiger partial charge in [0.15, 0.2) is 0 Å². The van der Waals surface area contributed by atoms with Crippen LogP contribution in [0.2, 0.25) is 5.02 Å². The molecule has 1 unspecified atom stereocenters. The van der Waals surface area contributed by atoms with Gasteiger partial charge >= 0.3 is 0 Å². The zero-order chi connectivity index (χ0) is 14.8. The van der Waals surface area contributed by atoms with E-state index in [-0.39, 0.29) is 5.91 Å². The third-order valence-corrected chi connectivity index (χ3v) is 4.08. The predicted octanol–water partition coefficient (Wildman–Crippen LogP) is 3.89. The van der Waals surface area contributed by atoms with Crippen LogP contribution < -0.4 is 5.73 Å². The first-order chi connectivity index (χ1) is 9.44. The maximum Gasteiger partial charge on any atom is 0.225 e. The monoisotopic (exact) mass is 287 g/mol. The average molecular weight is 288 g/mol. The van der Waals surface area contributed by atoms with Gasteiger partial charge in [-0.05, 0) is 17.2 Å². The van der Waals surface area contributed by atoms with Crippen molar-refractivity contribution in [3.8, 4) is 0 Å². The fraction of sp³-hybridized carbons (Fsp3) is 0.235. The van der Waals surface area contributed by atoms with Gasteiger partial charge in [-0.1, -0.05) is 74.0 Å². The lowest BCUT2D eigenvalue weighted by molar-refractivity contribution is -0.120. The zero-order valence-corrected chi connectivity index (χ0v) is 12.4. The molecular formula is C17H18ClNO. The first kappa shape index (κ1) is 14.6. The van der Waals surface area contributed by atoms with E-state index in [2.05, 4.69) is 0 Å². The molecule has 0 aliphatic heterocycles. The molecule has 1 amide bonds. The molecular weight excluding hydrogens is 270 g/mol. The third-order valence-electron chi connectivity index (χ3n) is 3.74. The lowest BCUT2D eigenvalue weighted by atomic mass is 9.70. The van der Waals surface area contributed by atoms with E-state index in [4.69, 9.17) is 17.3 Å². The van der Waals surface area contributed by atoms with Crippen molar-refractivity contribution >= 4 is 17.5 Å². The highest BCUT2D eigenvalue weighted by Gasteiger charge is 2.37. The number of amides is 1. The number of carbonyl (C=O) groups excluding carboxylic acids is 1. The fourth-order valence-electron chi connectivity index (χ4n) is 2.64. The van der Waals surface area contributed by atoms with Crippen molar-refractivity contribution < 1.29 is 4.79 Å². The van der Waals surface area contributed by atoms with Crippen LogP contribution in [-0.4, -0.2) is 5.91 Å². The van der Waals surface area contributed by atoms with Crippen molar-refractivity contribution in [2.24, 2.45) is 5.73 Å². The van der Waals surface area contributed by atoms with Crippen molar-refractivity contribution in [3.05, 3.63) is 70.7 Å². The second kappa shape index (κ2) is 5.68. The van der Waals surface area contributed by atoms with Gasteiger partial charge in [0.05, 0.1) is 5.92 Å². The number of primary amides is 1. The standard InChI is InChI=1S/C17H18ClNO/c1-17(2,12-8-4-3-5-9-12)15(16(19)20)13-10-6-7-11-14(13)18/h3-11,15H,1-2H3,(H2,19,20). The molecule has 20 heavy (non-hydrogen) atoms. The molecule has 0 aliphatic carbocycles. The molecule has 0 spiro atoms. The smallest absolute Gasteiger partial charge is 0.225 e. The molecule has 0 radical (unpaired) electrons. The van der Waals surface area contributed by atoms with Crippen LogP contribution in [0, 0.1) is 0 Å². The van der Waals surface area contributed by atoms with Crippen molar-refractivity contribution in [1.82, 2.24) is 0 Å². The highest BCUT2D eigenvalue weighted by Crippen LogP contribution is 2.40. The highest BCUT2D eigenvalue weighted by molar-refractivity contribution is 6.31. The van der Waals surface area contributed by atoms with E-state index < -0.39 is 11.3 Å². The van der Waals surface area contributed by atoms with Crippen LogP contribution in [0.3, 0.4) is 0 Å². The first-order valence-corrected chi connectivity index (χ1v) is 6.91. The number of hydrogen-bond acceptors (Lipinski definition) is 1. The lowest BCUT2D eigenvalue weighted by Crippen LogP contribution is -2.37. The van der Waals surface area contributed by atoms with Gasteiger partial charge in [0.1, 0.15) is 0 Å². The van der Waals surface area contributed by atoms with Crippen LogP contribution in [0.15, 0.2) is 54.6 Å². The van der Waals surface area contributed by atoms with Crippen LogP contribution in [0.4, 0.5) is 0 Å². The summed E-state index contributed by atoms with van der Waals surface area (Å²) in [4.78, 5) is 12.0. The quantitative estimate of drug-likeness (QED) is 0.911. The van der Waals surface area contributed by atoms with E-state index in [1.165, 1.54) is 0 Å². The minimum Gasteiger partial charge on any atom is -0.369 e. The summed E-state index contributed by atoms with van der Waals surface area (Å²) in [6.45, 7) is 4.03. The summed E-state index contributed by atoms with van der Waals surface area (Å²) >= 11 is 6.25. The second-order valence-electron chi connectivity index (χ2n) is 5.44. The molecule has 2 N–H and O–H groups in total. The molecule has 3 heteroatoms. The SMILES string of the molecule is CC(C)(c1ccccc1)C(C(N)=O)c1ccccc1Cl. The Morgan fingerprint density at radius 3 is 2.15 bits per heavy atom. The number of rotatable bonds is 4. The van der Waals surface area contributed by atoms with Crippen LogP contribution in [0.5, 0.6) is 0 Å². The number of benzene rings is 2. The van der Waals surface area contributed by atoms with E-state index in [1.54, 1.807) is 6.07 Å². The van der Waals surface area contributed by atoms with Crippen molar-refractivity contribution in [1.29, 1.82) is 0 Å². The molecule has 0 aromatic heterocycles. The van der Waals surface area contributed by atoms with Crippen molar-refractivity contribution in [2.45, 2.75) is 25.2 Å². The fourth-order valence-corrected chi connectivity index (χ4v) is 2.89. The van der Waals surface area contributed by atoms with Crippen LogP contribution in [0.1, 0.15) is 30.9 Å². The first-order valence-electron chi connectivity index (χ1n) is 6.54. The molecule has 0 saturated heterocycles. The van der Waals surface area contributed by atoms with Crippen molar-refractivity contribution in [3.63, 3.8) is 0 Å². The molecule has 1 atom stereocenters. The molecule has 0 heterocycles. The Balaban J connectivity index is 2.55. The van der Waals surface area contributed by atoms with Crippen LogP contribution in [0.25, 0.3) is 0 Å². The molecule has 2 rings (SSSR count).